The zero-order chi connectivity index (χ0) is 6.41. The fourth-order valence-electron chi connectivity index (χ4n) is 0.512. The molecule has 0 aromatic rings. The van der Waals surface area contributed by atoms with Crippen molar-refractivity contribution >= 4 is 0 Å². The first-order valence-corrected chi connectivity index (χ1v) is 2.92. The summed E-state index contributed by atoms with van der Waals surface area (Å²) in [5.41, 5.74) is 5.09. The molecule has 0 aromatic carbocycles. The van der Waals surface area contributed by atoms with Crippen molar-refractivity contribution in [3.8, 4) is 0 Å². The molecule has 0 saturated carbocycles. The van der Waals surface area contributed by atoms with Gasteiger partial charge >= 0.3 is 0 Å². The van der Waals surface area contributed by atoms with Crippen molar-refractivity contribution in [3.05, 3.63) is 0 Å². The summed E-state index contributed by atoms with van der Waals surface area (Å²) in [6, 6.07) is 0. The third-order valence-corrected chi connectivity index (χ3v) is 0.916. The SMILES string of the molecule is CCCC(O)NCN. The van der Waals surface area contributed by atoms with Gasteiger partial charge in [0.1, 0.15) is 6.23 Å². The van der Waals surface area contributed by atoms with E-state index in [0.717, 1.165) is 12.8 Å². The van der Waals surface area contributed by atoms with Crippen molar-refractivity contribution in [2.24, 2.45) is 5.73 Å². The van der Waals surface area contributed by atoms with E-state index in [-0.39, 0.29) is 0 Å². The fourth-order valence-corrected chi connectivity index (χ4v) is 0.512. The van der Waals surface area contributed by atoms with Crippen LogP contribution in [0.4, 0.5) is 0 Å². The van der Waals surface area contributed by atoms with Crippen LogP contribution in [0.3, 0.4) is 0 Å². The number of aliphatic hydroxyl groups is 1. The molecule has 0 amide bonds. The largest absolute Gasteiger partial charge is 0.379 e. The summed E-state index contributed by atoms with van der Waals surface area (Å²) in [6.07, 6.45) is 1.34. The Hall–Kier alpha value is -0.120. The Morgan fingerprint density at radius 3 is 2.75 bits per heavy atom. The van der Waals surface area contributed by atoms with Crippen LogP contribution in [-0.2, 0) is 0 Å². The van der Waals surface area contributed by atoms with E-state index in [4.69, 9.17) is 10.8 Å². The van der Waals surface area contributed by atoms with Crippen LogP contribution >= 0.6 is 0 Å². The average molecular weight is 118 g/mol. The molecule has 8 heavy (non-hydrogen) atoms. The lowest BCUT2D eigenvalue weighted by Crippen LogP contribution is -2.33. The van der Waals surface area contributed by atoms with Crippen molar-refractivity contribution in [2.45, 2.75) is 26.0 Å². The van der Waals surface area contributed by atoms with E-state index in [1.54, 1.807) is 0 Å². The van der Waals surface area contributed by atoms with Gasteiger partial charge in [-0.05, 0) is 6.42 Å². The van der Waals surface area contributed by atoms with Crippen LogP contribution in [0.25, 0.3) is 0 Å². The molecule has 0 heterocycles. The highest BCUT2D eigenvalue weighted by molar-refractivity contribution is 4.47. The maximum atomic E-state index is 8.86. The van der Waals surface area contributed by atoms with Crippen molar-refractivity contribution in [2.75, 3.05) is 6.67 Å². The molecule has 0 aliphatic rings. The molecule has 0 radical (unpaired) electrons. The van der Waals surface area contributed by atoms with Gasteiger partial charge in [0.2, 0.25) is 0 Å². The topological polar surface area (TPSA) is 58.3 Å². The number of aliphatic hydroxyl groups excluding tert-OH is 1. The predicted octanol–water partition coefficient (Wildman–Crippen LogP) is -0.389. The molecular formula is C5H14N2O. The van der Waals surface area contributed by atoms with E-state index < -0.39 is 6.23 Å². The summed E-state index contributed by atoms with van der Waals surface area (Å²) in [7, 11) is 0. The summed E-state index contributed by atoms with van der Waals surface area (Å²) in [4.78, 5) is 0. The third kappa shape index (κ3) is 4.05. The Balaban J connectivity index is 2.92. The normalized spacial score (nSPS) is 13.9. The Morgan fingerprint density at radius 1 is 1.75 bits per heavy atom. The van der Waals surface area contributed by atoms with Gasteiger partial charge in [-0.3, -0.25) is 5.32 Å². The van der Waals surface area contributed by atoms with Gasteiger partial charge in [0.05, 0.1) is 0 Å². The monoisotopic (exact) mass is 118 g/mol. The lowest BCUT2D eigenvalue weighted by molar-refractivity contribution is 0.128. The van der Waals surface area contributed by atoms with Gasteiger partial charge in [-0.25, -0.2) is 0 Å². The number of nitrogens with two attached hydrogens (primary N) is 1. The zero-order valence-corrected chi connectivity index (χ0v) is 5.22. The van der Waals surface area contributed by atoms with Gasteiger partial charge < -0.3 is 10.8 Å². The quantitative estimate of drug-likeness (QED) is 0.441. The smallest absolute Gasteiger partial charge is 0.105 e. The molecule has 0 saturated heterocycles. The van der Waals surface area contributed by atoms with E-state index in [1.165, 1.54) is 0 Å². The second kappa shape index (κ2) is 5.03. The van der Waals surface area contributed by atoms with Crippen LogP contribution in [0.15, 0.2) is 0 Å². The second-order valence-electron chi connectivity index (χ2n) is 1.71. The standard InChI is InChI=1S/C5H14N2O/c1-2-3-5(8)7-4-6/h5,7-8H,2-4,6H2,1H3. The summed E-state index contributed by atoms with van der Waals surface area (Å²) in [5, 5.41) is 11.5. The molecule has 0 bridgehead atoms. The highest BCUT2D eigenvalue weighted by Gasteiger charge is 1.95. The summed E-state index contributed by atoms with van der Waals surface area (Å²) >= 11 is 0. The Labute approximate surface area is 49.9 Å². The van der Waals surface area contributed by atoms with Crippen LogP contribution in [0, 0.1) is 0 Å². The molecule has 0 aliphatic heterocycles. The first-order valence-electron chi connectivity index (χ1n) is 2.92. The highest BCUT2D eigenvalue weighted by atomic mass is 16.3. The van der Waals surface area contributed by atoms with E-state index in [1.807, 2.05) is 6.92 Å². The molecule has 0 rings (SSSR count). The van der Waals surface area contributed by atoms with Crippen LogP contribution in [0.1, 0.15) is 19.8 Å². The third-order valence-electron chi connectivity index (χ3n) is 0.916. The number of hydrogen-bond donors (Lipinski definition) is 3. The molecule has 0 aliphatic carbocycles. The molecule has 3 heteroatoms. The lowest BCUT2D eigenvalue weighted by Gasteiger charge is -2.07. The molecule has 4 N–H and O–H groups in total. The molecule has 0 aromatic heterocycles. The maximum Gasteiger partial charge on any atom is 0.105 e. The molecule has 50 valence electrons. The molecule has 1 atom stereocenters. The van der Waals surface area contributed by atoms with Crippen LogP contribution in [0.5, 0.6) is 0 Å². The number of nitrogens with one attached hydrogen (secondary N) is 1. The van der Waals surface area contributed by atoms with E-state index in [2.05, 4.69) is 5.32 Å². The first-order chi connectivity index (χ1) is 3.81. The molecule has 0 fully saturated rings. The van der Waals surface area contributed by atoms with Crippen molar-refractivity contribution in [3.63, 3.8) is 0 Å². The Kier molecular flexibility index (Phi) is 4.95. The van der Waals surface area contributed by atoms with Crippen LogP contribution in [-0.4, -0.2) is 18.0 Å². The predicted molar refractivity (Wildman–Crippen MR) is 33.1 cm³/mol. The second-order valence-corrected chi connectivity index (χ2v) is 1.71. The van der Waals surface area contributed by atoms with Gasteiger partial charge in [-0.1, -0.05) is 13.3 Å². The minimum Gasteiger partial charge on any atom is -0.379 e. The first kappa shape index (κ1) is 7.88. The summed E-state index contributed by atoms with van der Waals surface area (Å²) < 4.78 is 0. The van der Waals surface area contributed by atoms with Gasteiger partial charge in [-0.2, -0.15) is 0 Å². The van der Waals surface area contributed by atoms with E-state index in [9.17, 15) is 0 Å². The van der Waals surface area contributed by atoms with E-state index >= 15 is 0 Å². The average Bonchev–Trinajstić information content (AvgIpc) is 1.68. The lowest BCUT2D eigenvalue weighted by atomic mass is 10.3. The minimum atomic E-state index is -0.412. The van der Waals surface area contributed by atoms with Gasteiger partial charge in [0.25, 0.3) is 0 Å². The van der Waals surface area contributed by atoms with Crippen molar-refractivity contribution in [1.82, 2.24) is 5.32 Å². The highest BCUT2D eigenvalue weighted by Crippen LogP contribution is 1.89. The maximum absolute atomic E-state index is 8.86. The van der Waals surface area contributed by atoms with Gasteiger partial charge in [0.15, 0.2) is 0 Å². The molecule has 1 unspecified atom stereocenters. The zero-order valence-electron chi connectivity index (χ0n) is 5.22. The Morgan fingerprint density at radius 2 is 2.38 bits per heavy atom. The van der Waals surface area contributed by atoms with Gasteiger partial charge in [0, 0.05) is 6.67 Å². The van der Waals surface area contributed by atoms with Gasteiger partial charge in [-0.15, -0.1) is 0 Å². The molecular weight excluding hydrogens is 104 g/mol. The van der Waals surface area contributed by atoms with Crippen LogP contribution < -0.4 is 11.1 Å². The van der Waals surface area contributed by atoms with Crippen molar-refractivity contribution in [1.29, 1.82) is 0 Å². The van der Waals surface area contributed by atoms with Crippen molar-refractivity contribution < 1.29 is 5.11 Å². The summed E-state index contributed by atoms with van der Waals surface area (Å²) in [5.74, 6) is 0. The minimum absolute atomic E-state index is 0.348. The van der Waals surface area contributed by atoms with Crippen LogP contribution in [0.2, 0.25) is 0 Å². The summed E-state index contributed by atoms with van der Waals surface area (Å²) in [6.45, 7) is 2.36. The Bertz CT molecular complexity index is 43.7. The molecule has 3 nitrogen and oxygen atoms in total. The number of rotatable bonds is 4. The fraction of sp³-hybridized carbons (Fsp3) is 1.00. The number of hydrogen-bond acceptors (Lipinski definition) is 3. The molecule has 0 spiro atoms. The van der Waals surface area contributed by atoms with E-state index in [0.29, 0.717) is 6.67 Å².